The smallest absolute Gasteiger partial charge is 0.225 e. The highest BCUT2D eigenvalue weighted by atomic mass is 32.1. The summed E-state index contributed by atoms with van der Waals surface area (Å²) in [5.41, 5.74) is 2.87. The largest absolute Gasteiger partial charge is 0.326 e. The van der Waals surface area contributed by atoms with Gasteiger partial charge in [0, 0.05) is 29.6 Å². The van der Waals surface area contributed by atoms with Gasteiger partial charge in [-0.2, -0.15) is 0 Å². The van der Waals surface area contributed by atoms with Gasteiger partial charge in [0.25, 0.3) is 0 Å². The van der Waals surface area contributed by atoms with Crippen LogP contribution in [0.2, 0.25) is 0 Å². The van der Waals surface area contributed by atoms with E-state index in [1.54, 1.807) is 11.3 Å². The molecule has 2 aromatic rings. The Morgan fingerprint density at radius 1 is 1.32 bits per heavy atom. The van der Waals surface area contributed by atoms with Crippen molar-refractivity contribution in [2.24, 2.45) is 0 Å². The van der Waals surface area contributed by atoms with Crippen LogP contribution in [0.4, 0.5) is 5.69 Å². The lowest BCUT2D eigenvalue weighted by Gasteiger charge is -2.05. The number of anilines is 1. The van der Waals surface area contributed by atoms with E-state index in [1.165, 1.54) is 0 Å². The van der Waals surface area contributed by atoms with E-state index >= 15 is 0 Å². The zero-order valence-corrected chi connectivity index (χ0v) is 11.9. The predicted octanol–water partition coefficient (Wildman–Crippen LogP) is 2.67. The number of hydrogen-bond acceptors (Lipinski definition) is 4. The van der Waals surface area contributed by atoms with Crippen LogP contribution in [0.5, 0.6) is 0 Å². The number of nitrogens with zero attached hydrogens (tertiary/aromatic N) is 1. The number of nitrogens with one attached hydrogen (secondary N) is 2. The lowest BCUT2D eigenvalue weighted by Crippen LogP contribution is -2.18. The van der Waals surface area contributed by atoms with Crippen molar-refractivity contribution in [2.45, 2.75) is 13.3 Å². The fourth-order valence-corrected chi connectivity index (χ4v) is 2.30. The van der Waals surface area contributed by atoms with Crippen molar-refractivity contribution in [3.8, 4) is 11.3 Å². The lowest BCUT2D eigenvalue weighted by atomic mass is 10.1. The Hall–Kier alpha value is -1.72. The van der Waals surface area contributed by atoms with E-state index in [1.807, 2.05) is 43.6 Å². The second kappa shape index (κ2) is 6.45. The third-order valence-corrected chi connectivity index (χ3v) is 3.46. The number of carbonyl (C=O) groups is 1. The third-order valence-electron chi connectivity index (χ3n) is 2.69. The molecule has 0 fully saturated rings. The van der Waals surface area contributed by atoms with Crippen LogP contribution >= 0.6 is 11.3 Å². The molecule has 0 aliphatic heterocycles. The summed E-state index contributed by atoms with van der Waals surface area (Å²) in [6.45, 7) is 2.67. The fraction of sp³-hybridized carbons (Fsp3) is 0.286. The van der Waals surface area contributed by atoms with E-state index in [2.05, 4.69) is 15.6 Å². The van der Waals surface area contributed by atoms with Crippen LogP contribution in [0.3, 0.4) is 0 Å². The number of carbonyl (C=O) groups excluding carboxylic acids is 1. The molecule has 0 saturated heterocycles. The first-order chi connectivity index (χ1) is 9.19. The molecular formula is C14H17N3OS. The predicted molar refractivity (Wildman–Crippen MR) is 79.5 cm³/mol. The molecule has 100 valence electrons. The number of hydrogen-bond donors (Lipinski definition) is 2. The van der Waals surface area contributed by atoms with Gasteiger partial charge in [0.2, 0.25) is 5.91 Å². The molecule has 0 unspecified atom stereocenters. The quantitative estimate of drug-likeness (QED) is 0.882. The molecule has 0 radical (unpaired) electrons. The van der Waals surface area contributed by atoms with Crippen molar-refractivity contribution in [2.75, 3.05) is 18.9 Å². The molecule has 0 saturated carbocycles. The summed E-state index contributed by atoms with van der Waals surface area (Å²) < 4.78 is 0. The van der Waals surface area contributed by atoms with Crippen molar-refractivity contribution < 1.29 is 4.79 Å². The Kier molecular flexibility index (Phi) is 4.65. The van der Waals surface area contributed by atoms with E-state index in [-0.39, 0.29) is 5.91 Å². The molecule has 0 bridgehead atoms. The van der Waals surface area contributed by atoms with Crippen LogP contribution < -0.4 is 10.6 Å². The van der Waals surface area contributed by atoms with Crippen LogP contribution in [-0.4, -0.2) is 24.5 Å². The highest BCUT2D eigenvalue weighted by Crippen LogP contribution is 2.23. The number of amides is 1. The fourth-order valence-electron chi connectivity index (χ4n) is 1.68. The minimum Gasteiger partial charge on any atom is -0.326 e. The minimum atomic E-state index is 0.0200. The highest BCUT2D eigenvalue weighted by molar-refractivity contribution is 7.09. The molecule has 0 atom stereocenters. The Bertz CT molecular complexity index is 548. The zero-order valence-electron chi connectivity index (χ0n) is 11.1. The Morgan fingerprint density at radius 3 is 2.63 bits per heavy atom. The second-order valence-corrected chi connectivity index (χ2v) is 5.29. The van der Waals surface area contributed by atoms with Gasteiger partial charge in [0.05, 0.1) is 10.7 Å². The topological polar surface area (TPSA) is 54.0 Å². The van der Waals surface area contributed by atoms with E-state index in [0.29, 0.717) is 13.0 Å². The maximum atomic E-state index is 11.6. The van der Waals surface area contributed by atoms with Crippen LogP contribution in [0, 0.1) is 6.92 Å². The monoisotopic (exact) mass is 275 g/mol. The number of benzene rings is 1. The molecule has 1 amide bonds. The summed E-state index contributed by atoms with van der Waals surface area (Å²) in [4.78, 5) is 16.0. The first-order valence-electron chi connectivity index (χ1n) is 6.16. The van der Waals surface area contributed by atoms with Gasteiger partial charge in [-0.05, 0) is 26.1 Å². The summed E-state index contributed by atoms with van der Waals surface area (Å²) in [6, 6.07) is 7.76. The van der Waals surface area contributed by atoms with Gasteiger partial charge in [-0.25, -0.2) is 4.98 Å². The minimum absolute atomic E-state index is 0.0200. The zero-order chi connectivity index (χ0) is 13.7. The van der Waals surface area contributed by atoms with E-state index in [4.69, 9.17) is 0 Å². The molecule has 2 rings (SSSR count). The van der Waals surface area contributed by atoms with Crippen molar-refractivity contribution in [1.29, 1.82) is 0 Å². The van der Waals surface area contributed by atoms with Crippen LogP contribution in [0.25, 0.3) is 11.3 Å². The number of rotatable bonds is 5. The summed E-state index contributed by atoms with van der Waals surface area (Å²) in [5, 5.41) is 8.91. The van der Waals surface area contributed by atoms with E-state index < -0.39 is 0 Å². The molecule has 1 heterocycles. The summed E-state index contributed by atoms with van der Waals surface area (Å²) in [5.74, 6) is 0.0200. The first-order valence-corrected chi connectivity index (χ1v) is 7.04. The van der Waals surface area contributed by atoms with Crippen LogP contribution in [0.1, 0.15) is 11.4 Å². The Balaban J connectivity index is 2.00. The molecule has 19 heavy (non-hydrogen) atoms. The molecule has 1 aromatic carbocycles. The molecule has 4 nitrogen and oxygen atoms in total. The molecule has 0 spiro atoms. The van der Waals surface area contributed by atoms with Gasteiger partial charge in [0.15, 0.2) is 0 Å². The van der Waals surface area contributed by atoms with Crippen molar-refractivity contribution in [3.63, 3.8) is 0 Å². The molecule has 5 heteroatoms. The standard InChI is InChI=1S/C14H17N3OS/c1-10-16-13(9-19-10)11-3-5-12(6-4-11)17-14(18)7-8-15-2/h3-6,9,15H,7-8H2,1-2H3,(H,17,18). The summed E-state index contributed by atoms with van der Waals surface area (Å²) in [7, 11) is 1.83. The third kappa shape index (κ3) is 3.87. The van der Waals surface area contributed by atoms with Gasteiger partial charge in [0.1, 0.15) is 0 Å². The van der Waals surface area contributed by atoms with Crippen molar-refractivity contribution in [3.05, 3.63) is 34.7 Å². The average Bonchev–Trinajstić information content (AvgIpc) is 2.84. The Morgan fingerprint density at radius 2 is 2.05 bits per heavy atom. The van der Waals surface area contributed by atoms with Gasteiger partial charge < -0.3 is 10.6 Å². The summed E-state index contributed by atoms with van der Waals surface area (Å²) in [6.07, 6.45) is 0.476. The van der Waals surface area contributed by atoms with Crippen LogP contribution in [-0.2, 0) is 4.79 Å². The van der Waals surface area contributed by atoms with Gasteiger partial charge >= 0.3 is 0 Å². The molecule has 0 aliphatic rings. The summed E-state index contributed by atoms with van der Waals surface area (Å²) >= 11 is 1.64. The molecular weight excluding hydrogens is 258 g/mol. The van der Waals surface area contributed by atoms with Gasteiger partial charge in [-0.3, -0.25) is 4.79 Å². The van der Waals surface area contributed by atoms with Crippen LogP contribution in [0.15, 0.2) is 29.6 Å². The normalized spacial score (nSPS) is 10.4. The van der Waals surface area contributed by atoms with Gasteiger partial charge in [-0.1, -0.05) is 12.1 Å². The van der Waals surface area contributed by atoms with E-state index in [9.17, 15) is 4.79 Å². The first kappa shape index (κ1) is 13.7. The van der Waals surface area contributed by atoms with Crippen molar-refractivity contribution >= 4 is 22.9 Å². The SMILES string of the molecule is CNCCC(=O)Nc1ccc(-c2csc(C)n2)cc1. The second-order valence-electron chi connectivity index (χ2n) is 4.23. The number of aryl methyl sites for hydroxylation is 1. The molecule has 2 N–H and O–H groups in total. The number of thiazole rings is 1. The average molecular weight is 275 g/mol. The molecule has 0 aliphatic carbocycles. The number of aromatic nitrogens is 1. The molecule has 1 aromatic heterocycles. The highest BCUT2D eigenvalue weighted by Gasteiger charge is 2.04. The lowest BCUT2D eigenvalue weighted by molar-refractivity contribution is -0.116. The Labute approximate surface area is 116 Å². The van der Waals surface area contributed by atoms with E-state index in [0.717, 1.165) is 22.0 Å². The maximum Gasteiger partial charge on any atom is 0.225 e. The maximum absolute atomic E-state index is 11.6. The van der Waals surface area contributed by atoms with Gasteiger partial charge in [-0.15, -0.1) is 11.3 Å². The van der Waals surface area contributed by atoms with Crippen molar-refractivity contribution in [1.82, 2.24) is 10.3 Å².